The third kappa shape index (κ3) is 4.36. The highest BCUT2D eigenvalue weighted by atomic mass is 32.2. The molecule has 0 saturated carbocycles. The molecular weight excluding hydrogens is 374 g/mol. The summed E-state index contributed by atoms with van der Waals surface area (Å²) in [5, 5.41) is 5.90. The summed E-state index contributed by atoms with van der Waals surface area (Å²) in [6.07, 6.45) is 0. The number of benzene rings is 2. The number of hydrogen-bond donors (Lipinski definition) is 2. The molecule has 0 saturated heterocycles. The predicted octanol–water partition coefficient (Wildman–Crippen LogP) is 2.21. The topological polar surface area (TPSA) is 96.9 Å². The van der Waals surface area contributed by atoms with Crippen molar-refractivity contribution in [2.45, 2.75) is 11.4 Å². The molecule has 0 aliphatic carbocycles. The molecule has 1 aliphatic heterocycles. The van der Waals surface area contributed by atoms with Gasteiger partial charge >= 0.3 is 0 Å². The molecule has 0 radical (unpaired) electrons. The molecule has 7 nitrogen and oxygen atoms in total. The molecule has 0 atom stereocenters. The van der Waals surface area contributed by atoms with Crippen LogP contribution in [0.1, 0.15) is 5.56 Å². The van der Waals surface area contributed by atoms with Crippen LogP contribution < -0.4 is 15.4 Å². The summed E-state index contributed by atoms with van der Waals surface area (Å²) in [4.78, 5) is 12.2. The van der Waals surface area contributed by atoms with Gasteiger partial charge in [0, 0.05) is 6.54 Å². The van der Waals surface area contributed by atoms with E-state index >= 15 is 0 Å². The number of carbonyl (C=O) groups is 1. The van der Waals surface area contributed by atoms with Gasteiger partial charge in [-0.15, -0.1) is 4.40 Å². The van der Waals surface area contributed by atoms with Crippen LogP contribution in [0, 0.1) is 0 Å². The van der Waals surface area contributed by atoms with Crippen molar-refractivity contribution >= 4 is 38.5 Å². The summed E-state index contributed by atoms with van der Waals surface area (Å²) in [7, 11) is -2.16. The third-order valence-electron chi connectivity index (χ3n) is 3.57. The highest BCUT2D eigenvalue weighted by molar-refractivity contribution is 8.15. The van der Waals surface area contributed by atoms with Gasteiger partial charge in [0.1, 0.15) is 10.6 Å². The first-order chi connectivity index (χ1) is 12.5. The molecule has 0 spiro atoms. The van der Waals surface area contributed by atoms with Gasteiger partial charge in [0.15, 0.2) is 5.17 Å². The fourth-order valence-electron chi connectivity index (χ4n) is 2.32. The molecule has 1 amide bonds. The minimum atomic E-state index is -3.74. The van der Waals surface area contributed by atoms with Gasteiger partial charge in [0.25, 0.3) is 10.0 Å². The van der Waals surface area contributed by atoms with E-state index in [0.29, 0.717) is 12.2 Å². The van der Waals surface area contributed by atoms with Crippen LogP contribution in [0.4, 0.5) is 5.69 Å². The molecule has 2 aromatic carbocycles. The molecule has 3 rings (SSSR count). The maximum Gasteiger partial charge on any atom is 0.286 e. The summed E-state index contributed by atoms with van der Waals surface area (Å²) >= 11 is 1.04. The summed E-state index contributed by atoms with van der Waals surface area (Å²) in [6.45, 7) is 0.359. The number of amides is 1. The smallest absolute Gasteiger partial charge is 0.286 e. The van der Waals surface area contributed by atoms with E-state index in [1.165, 1.54) is 6.07 Å². The van der Waals surface area contributed by atoms with Crippen molar-refractivity contribution in [2.24, 2.45) is 4.40 Å². The Labute approximate surface area is 155 Å². The normalized spacial score (nSPS) is 14.6. The Hall–Kier alpha value is -2.52. The number of carbonyl (C=O) groups excluding carboxylic acids is 1. The summed E-state index contributed by atoms with van der Waals surface area (Å²) < 4.78 is 33.1. The summed E-state index contributed by atoms with van der Waals surface area (Å²) in [5.41, 5.74) is 1.37. The van der Waals surface area contributed by atoms with Gasteiger partial charge in [-0.2, -0.15) is 8.42 Å². The van der Waals surface area contributed by atoms with E-state index < -0.39 is 10.0 Å². The first-order valence-corrected chi connectivity index (χ1v) is 10.1. The van der Waals surface area contributed by atoms with Gasteiger partial charge in [-0.1, -0.05) is 36.0 Å². The Kier molecular flexibility index (Phi) is 5.48. The average Bonchev–Trinajstić information content (AvgIpc) is 2.64. The fourth-order valence-corrected chi connectivity index (χ4v) is 4.39. The Bertz CT molecular complexity index is 958. The number of hydrogen-bond acceptors (Lipinski definition) is 6. The predicted molar refractivity (Wildman–Crippen MR) is 102 cm³/mol. The molecule has 9 heteroatoms. The van der Waals surface area contributed by atoms with Crippen molar-refractivity contribution in [3.05, 3.63) is 54.1 Å². The molecule has 1 aliphatic rings. The molecule has 0 bridgehead atoms. The molecule has 0 aromatic heterocycles. The largest absolute Gasteiger partial charge is 0.497 e. The lowest BCUT2D eigenvalue weighted by atomic mass is 10.2. The van der Waals surface area contributed by atoms with Crippen LogP contribution in [-0.2, 0) is 21.4 Å². The molecule has 26 heavy (non-hydrogen) atoms. The number of sulfonamides is 1. The maximum absolute atomic E-state index is 12.1. The van der Waals surface area contributed by atoms with Crippen LogP contribution in [0.2, 0.25) is 0 Å². The van der Waals surface area contributed by atoms with Gasteiger partial charge < -0.3 is 15.4 Å². The van der Waals surface area contributed by atoms with Crippen molar-refractivity contribution in [3.8, 4) is 5.75 Å². The standard InChI is InChI=1S/C17H17N3O4S2/c1-24-13-6-4-5-12(9-13)10-18-16(21)11-25-17-19-14-7-2-3-8-15(14)26(22,23)20-17/h2-9H,10-11H2,1H3,(H,18,21)(H,19,20). The van der Waals surface area contributed by atoms with Gasteiger partial charge in [0.2, 0.25) is 5.91 Å². The van der Waals surface area contributed by atoms with Gasteiger partial charge in [0.05, 0.1) is 18.6 Å². The molecule has 2 aromatic rings. The molecule has 1 heterocycles. The van der Waals surface area contributed by atoms with Crippen LogP contribution in [0.15, 0.2) is 57.8 Å². The number of anilines is 1. The number of rotatable bonds is 5. The molecular formula is C17H17N3O4S2. The van der Waals surface area contributed by atoms with E-state index in [1.54, 1.807) is 25.3 Å². The van der Waals surface area contributed by atoms with E-state index in [-0.39, 0.29) is 21.7 Å². The van der Waals surface area contributed by atoms with Crippen LogP contribution >= 0.6 is 11.8 Å². The van der Waals surface area contributed by atoms with E-state index in [1.807, 2.05) is 24.3 Å². The monoisotopic (exact) mass is 391 g/mol. The number of nitrogens with one attached hydrogen (secondary N) is 2. The number of nitrogens with zero attached hydrogens (tertiary/aromatic N) is 1. The van der Waals surface area contributed by atoms with Crippen molar-refractivity contribution in [2.75, 3.05) is 18.2 Å². The second-order valence-electron chi connectivity index (χ2n) is 5.41. The first kappa shape index (κ1) is 18.3. The van der Waals surface area contributed by atoms with Crippen molar-refractivity contribution in [1.82, 2.24) is 5.32 Å². The third-order valence-corrected chi connectivity index (χ3v) is 5.90. The van der Waals surface area contributed by atoms with Crippen molar-refractivity contribution < 1.29 is 17.9 Å². The summed E-state index contributed by atoms with van der Waals surface area (Å²) in [6, 6.07) is 13.9. The Morgan fingerprint density at radius 2 is 2.04 bits per heavy atom. The molecule has 0 unspecified atom stereocenters. The number of para-hydroxylation sites is 1. The fraction of sp³-hybridized carbons (Fsp3) is 0.176. The minimum Gasteiger partial charge on any atom is -0.497 e. The van der Waals surface area contributed by atoms with Crippen LogP contribution in [0.5, 0.6) is 5.75 Å². The molecule has 2 N–H and O–H groups in total. The molecule has 0 fully saturated rings. The summed E-state index contributed by atoms with van der Waals surface area (Å²) in [5.74, 6) is 0.544. The van der Waals surface area contributed by atoms with Crippen LogP contribution in [0.25, 0.3) is 0 Å². The van der Waals surface area contributed by atoms with Gasteiger partial charge in [-0.05, 0) is 29.8 Å². The number of ether oxygens (including phenoxy) is 1. The number of fused-ring (bicyclic) bond motifs is 1. The molecule has 136 valence electrons. The first-order valence-electron chi connectivity index (χ1n) is 7.71. The maximum atomic E-state index is 12.1. The van der Waals surface area contributed by atoms with E-state index in [9.17, 15) is 13.2 Å². The van der Waals surface area contributed by atoms with E-state index in [4.69, 9.17) is 4.74 Å². The van der Waals surface area contributed by atoms with Crippen molar-refractivity contribution in [1.29, 1.82) is 0 Å². The second kappa shape index (κ2) is 7.79. The van der Waals surface area contributed by atoms with E-state index in [2.05, 4.69) is 15.0 Å². The lowest BCUT2D eigenvalue weighted by Gasteiger charge is -2.17. The SMILES string of the molecule is COc1cccc(CNC(=O)CSC2=NS(=O)(=O)c3ccccc3N2)c1. The zero-order valence-electron chi connectivity index (χ0n) is 13.9. The average molecular weight is 391 g/mol. The minimum absolute atomic E-state index is 0.0491. The number of methoxy groups -OCH3 is 1. The Balaban J connectivity index is 1.56. The number of thioether (sulfide) groups is 1. The van der Waals surface area contributed by atoms with Crippen LogP contribution in [-0.4, -0.2) is 32.4 Å². The second-order valence-corrected chi connectivity index (χ2v) is 7.95. The van der Waals surface area contributed by atoms with Crippen molar-refractivity contribution in [3.63, 3.8) is 0 Å². The number of amidine groups is 1. The zero-order chi connectivity index (χ0) is 18.6. The Morgan fingerprint density at radius 1 is 1.23 bits per heavy atom. The Morgan fingerprint density at radius 3 is 2.85 bits per heavy atom. The zero-order valence-corrected chi connectivity index (χ0v) is 15.6. The lowest BCUT2D eigenvalue weighted by molar-refractivity contribution is -0.118. The van der Waals surface area contributed by atoms with Crippen LogP contribution in [0.3, 0.4) is 0 Å². The van der Waals surface area contributed by atoms with E-state index in [0.717, 1.165) is 23.1 Å². The van der Waals surface area contributed by atoms with Gasteiger partial charge in [-0.3, -0.25) is 4.79 Å². The highest BCUT2D eigenvalue weighted by Crippen LogP contribution is 2.28. The van der Waals surface area contributed by atoms with Gasteiger partial charge in [-0.25, -0.2) is 0 Å². The quantitative estimate of drug-likeness (QED) is 0.811. The highest BCUT2D eigenvalue weighted by Gasteiger charge is 2.24. The lowest BCUT2D eigenvalue weighted by Crippen LogP contribution is -2.27.